The molecule has 0 saturated carbocycles. The number of rotatable bonds is 5. The monoisotopic (exact) mass is 193 g/mol. The van der Waals surface area contributed by atoms with Crippen molar-refractivity contribution >= 4 is 0 Å². The van der Waals surface area contributed by atoms with Crippen LogP contribution in [0, 0.1) is 6.92 Å². The van der Waals surface area contributed by atoms with Gasteiger partial charge in [0.1, 0.15) is 12.4 Å². The number of nitrogens with one attached hydrogen (secondary N) is 1. The van der Waals surface area contributed by atoms with Gasteiger partial charge in [-0.05, 0) is 24.6 Å². The number of ether oxygens (including phenoxy) is 1. The van der Waals surface area contributed by atoms with E-state index in [0.717, 1.165) is 18.9 Å². The van der Waals surface area contributed by atoms with Crippen molar-refractivity contribution in [2.24, 2.45) is 0 Å². The fraction of sp³-hybridized carbons (Fsp3) is 0.500. The Morgan fingerprint density at radius 3 is 2.79 bits per heavy atom. The van der Waals surface area contributed by atoms with E-state index in [1.807, 2.05) is 12.1 Å². The van der Waals surface area contributed by atoms with E-state index in [4.69, 9.17) is 4.74 Å². The molecule has 0 bridgehead atoms. The van der Waals surface area contributed by atoms with Crippen LogP contribution in [-0.2, 0) is 0 Å². The van der Waals surface area contributed by atoms with Crippen molar-refractivity contribution in [2.45, 2.75) is 26.8 Å². The summed E-state index contributed by atoms with van der Waals surface area (Å²) in [4.78, 5) is 0. The van der Waals surface area contributed by atoms with Gasteiger partial charge in [0.25, 0.3) is 0 Å². The first-order valence-electron chi connectivity index (χ1n) is 5.11. The normalized spacial score (nSPS) is 10.6. The van der Waals surface area contributed by atoms with Crippen LogP contribution in [0.5, 0.6) is 5.75 Å². The molecule has 0 radical (unpaired) electrons. The summed E-state index contributed by atoms with van der Waals surface area (Å²) in [6.07, 6.45) is 0. The molecule has 1 aromatic rings. The Hall–Kier alpha value is -1.02. The highest BCUT2D eigenvalue weighted by Crippen LogP contribution is 2.11. The zero-order chi connectivity index (χ0) is 10.4. The van der Waals surface area contributed by atoms with Crippen LogP contribution in [0.15, 0.2) is 24.3 Å². The largest absolute Gasteiger partial charge is 0.492 e. The van der Waals surface area contributed by atoms with E-state index in [2.05, 4.69) is 38.2 Å². The second-order valence-corrected chi connectivity index (χ2v) is 3.77. The van der Waals surface area contributed by atoms with E-state index in [-0.39, 0.29) is 0 Å². The molecule has 0 spiro atoms. The van der Waals surface area contributed by atoms with Gasteiger partial charge in [-0.15, -0.1) is 0 Å². The van der Waals surface area contributed by atoms with Gasteiger partial charge in [-0.2, -0.15) is 0 Å². The summed E-state index contributed by atoms with van der Waals surface area (Å²) in [7, 11) is 0. The summed E-state index contributed by atoms with van der Waals surface area (Å²) in [6.45, 7) is 7.95. The molecule has 2 nitrogen and oxygen atoms in total. The zero-order valence-electron chi connectivity index (χ0n) is 9.21. The lowest BCUT2D eigenvalue weighted by Gasteiger charge is -2.09. The summed E-state index contributed by atoms with van der Waals surface area (Å²) in [6, 6.07) is 8.65. The minimum absolute atomic E-state index is 0.524. The molecule has 1 aromatic carbocycles. The maximum atomic E-state index is 5.57. The Morgan fingerprint density at radius 1 is 1.36 bits per heavy atom. The van der Waals surface area contributed by atoms with Crippen molar-refractivity contribution in [1.29, 1.82) is 0 Å². The predicted octanol–water partition coefficient (Wildman–Crippen LogP) is 2.37. The average Bonchev–Trinajstić information content (AvgIpc) is 2.12. The van der Waals surface area contributed by atoms with Crippen LogP contribution < -0.4 is 10.1 Å². The van der Waals surface area contributed by atoms with E-state index in [9.17, 15) is 0 Å². The molecule has 2 heteroatoms. The molecule has 0 aliphatic carbocycles. The summed E-state index contributed by atoms with van der Waals surface area (Å²) in [5, 5.41) is 3.31. The molecule has 1 N–H and O–H groups in total. The number of aryl methyl sites for hydroxylation is 1. The molecule has 0 aliphatic heterocycles. The second-order valence-electron chi connectivity index (χ2n) is 3.77. The lowest BCUT2D eigenvalue weighted by molar-refractivity contribution is 0.309. The van der Waals surface area contributed by atoms with Crippen LogP contribution >= 0.6 is 0 Å². The number of benzene rings is 1. The first-order chi connectivity index (χ1) is 6.68. The molecular weight excluding hydrogens is 174 g/mol. The second kappa shape index (κ2) is 5.66. The Kier molecular flexibility index (Phi) is 4.47. The SMILES string of the molecule is Cc1cccc(OCCNC(C)C)c1. The van der Waals surface area contributed by atoms with E-state index in [1.54, 1.807) is 0 Å². The molecule has 0 saturated heterocycles. The Balaban J connectivity index is 2.25. The van der Waals surface area contributed by atoms with E-state index in [0.29, 0.717) is 6.04 Å². The smallest absolute Gasteiger partial charge is 0.119 e. The van der Waals surface area contributed by atoms with E-state index >= 15 is 0 Å². The lowest BCUT2D eigenvalue weighted by atomic mass is 10.2. The van der Waals surface area contributed by atoms with Crippen molar-refractivity contribution < 1.29 is 4.74 Å². The van der Waals surface area contributed by atoms with Gasteiger partial charge in [-0.1, -0.05) is 26.0 Å². The van der Waals surface area contributed by atoms with Crippen molar-refractivity contribution in [1.82, 2.24) is 5.32 Å². The fourth-order valence-corrected chi connectivity index (χ4v) is 1.22. The van der Waals surface area contributed by atoms with Crippen LogP contribution in [0.3, 0.4) is 0 Å². The highest BCUT2D eigenvalue weighted by molar-refractivity contribution is 5.27. The third-order valence-electron chi connectivity index (χ3n) is 1.91. The van der Waals surface area contributed by atoms with Gasteiger partial charge in [0.15, 0.2) is 0 Å². The highest BCUT2D eigenvalue weighted by atomic mass is 16.5. The van der Waals surface area contributed by atoms with Gasteiger partial charge < -0.3 is 10.1 Å². The standard InChI is InChI=1S/C12H19NO/c1-10(2)13-7-8-14-12-6-4-5-11(3)9-12/h4-6,9-10,13H,7-8H2,1-3H3. The molecule has 78 valence electrons. The van der Waals surface area contributed by atoms with Gasteiger partial charge in [0.05, 0.1) is 0 Å². The molecule has 1 rings (SSSR count). The van der Waals surface area contributed by atoms with Crippen molar-refractivity contribution in [2.75, 3.05) is 13.2 Å². The van der Waals surface area contributed by atoms with Crippen LogP contribution in [-0.4, -0.2) is 19.2 Å². The van der Waals surface area contributed by atoms with Gasteiger partial charge in [-0.25, -0.2) is 0 Å². The lowest BCUT2D eigenvalue weighted by Crippen LogP contribution is -2.27. The van der Waals surface area contributed by atoms with E-state index < -0.39 is 0 Å². The number of hydrogen-bond donors (Lipinski definition) is 1. The molecule has 0 unspecified atom stereocenters. The Morgan fingerprint density at radius 2 is 2.14 bits per heavy atom. The van der Waals surface area contributed by atoms with Crippen LogP contribution in [0.2, 0.25) is 0 Å². The molecule has 0 aliphatic rings. The van der Waals surface area contributed by atoms with Crippen molar-refractivity contribution in [3.05, 3.63) is 29.8 Å². The third-order valence-corrected chi connectivity index (χ3v) is 1.91. The van der Waals surface area contributed by atoms with E-state index in [1.165, 1.54) is 5.56 Å². The Bertz CT molecular complexity index is 271. The van der Waals surface area contributed by atoms with Crippen molar-refractivity contribution in [3.8, 4) is 5.75 Å². The summed E-state index contributed by atoms with van der Waals surface area (Å²) < 4.78 is 5.57. The van der Waals surface area contributed by atoms with Crippen LogP contribution in [0.1, 0.15) is 19.4 Å². The molecule has 0 fully saturated rings. The summed E-state index contributed by atoms with van der Waals surface area (Å²) >= 11 is 0. The van der Waals surface area contributed by atoms with Crippen LogP contribution in [0.4, 0.5) is 0 Å². The maximum absolute atomic E-state index is 5.57. The number of hydrogen-bond acceptors (Lipinski definition) is 2. The molecule has 14 heavy (non-hydrogen) atoms. The zero-order valence-corrected chi connectivity index (χ0v) is 9.21. The first kappa shape index (κ1) is 11.1. The van der Waals surface area contributed by atoms with Gasteiger partial charge in [-0.3, -0.25) is 0 Å². The van der Waals surface area contributed by atoms with Gasteiger partial charge >= 0.3 is 0 Å². The third kappa shape index (κ3) is 4.28. The van der Waals surface area contributed by atoms with Crippen LogP contribution in [0.25, 0.3) is 0 Å². The van der Waals surface area contributed by atoms with Gasteiger partial charge in [0.2, 0.25) is 0 Å². The Labute approximate surface area is 86.3 Å². The molecule has 0 heterocycles. The first-order valence-corrected chi connectivity index (χ1v) is 5.11. The fourth-order valence-electron chi connectivity index (χ4n) is 1.22. The minimum atomic E-state index is 0.524. The molecule has 0 aromatic heterocycles. The maximum Gasteiger partial charge on any atom is 0.119 e. The average molecular weight is 193 g/mol. The van der Waals surface area contributed by atoms with Crippen molar-refractivity contribution in [3.63, 3.8) is 0 Å². The molecular formula is C12H19NO. The topological polar surface area (TPSA) is 21.3 Å². The quantitative estimate of drug-likeness (QED) is 0.725. The predicted molar refractivity (Wildman–Crippen MR) is 59.8 cm³/mol. The summed E-state index contributed by atoms with van der Waals surface area (Å²) in [5.74, 6) is 0.954. The highest BCUT2D eigenvalue weighted by Gasteiger charge is 1.94. The summed E-state index contributed by atoms with van der Waals surface area (Å²) in [5.41, 5.74) is 1.24. The van der Waals surface area contributed by atoms with Gasteiger partial charge in [0, 0.05) is 12.6 Å². The molecule has 0 amide bonds. The molecule has 0 atom stereocenters. The minimum Gasteiger partial charge on any atom is -0.492 e.